The Hall–Kier alpha value is -2.89. The van der Waals surface area contributed by atoms with Crippen LogP contribution in [0.3, 0.4) is 0 Å². The van der Waals surface area contributed by atoms with Gasteiger partial charge in [-0.1, -0.05) is 12.1 Å². The lowest BCUT2D eigenvalue weighted by Crippen LogP contribution is -2.26. The van der Waals surface area contributed by atoms with Gasteiger partial charge < -0.3 is 23.8 Å². The van der Waals surface area contributed by atoms with Gasteiger partial charge in [0.2, 0.25) is 12.7 Å². The normalized spacial score (nSPS) is 14.2. The Labute approximate surface area is 152 Å². The second-order valence-electron chi connectivity index (χ2n) is 6.42. The number of rotatable bonds is 5. The number of carbonyl (C=O) groups is 1. The molecule has 2 aliphatic heterocycles. The van der Waals surface area contributed by atoms with Crippen LogP contribution in [0, 0.1) is 0 Å². The molecule has 136 valence electrons. The van der Waals surface area contributed by atoms with E-state index in [1.54, 1.807) is 4.90 Å². The highest BCUT2D eigenvalue weighted by molar-refractivity contribution is 5.76. The number of ether oxygens (including phenoxy) is 4. The Morgan fingerprint density at radius 2 is 1.50 bits per heavy atom. The maximum atomic E-state index is 12.5. The third kappa shape index (κ3) is 3.54. The van der Waals surface area contributed by atoms with Gasteiger partial charge in [-0.3, -0.25) is 4.79 Å². The number of benzene rings is 2. The maximum Gasteiger partial charge on any atom is 0.231 e. The van der Waals surface area contributed by atoms with Gasteiger partial charge in [0, 0.05) is 20.0 Å². The highest BCUT2D eigenvalue weighted by atomic mass is 16.7. The van der Waals surface area contributed by atoms with E-state index in [-0.39, 0.29) is 12.7 Å². The molecule has 1 amide bonds. The molecule has 0 radical (unpaired) electrons. The van der Waals surface area contributed by atoms with Gasteiger partial charge >= 0.3 is 0 Å². The minimum atomic E-state index is 0.0950. The molecule has 0 bridgehead atoms. The first-order valence-electron chi connectivity index (χ1n) is 8.70. The summed E-state index contributed by atoms with van der Waals surface area (Å²) in [5.41, 5.74) is 2.09. The lowest BCUT2D eigenvalue weighted by atomic mass is 10.1. The summed E-state index contributed by atoms with van der Waals surface area (Å²) in [6.07, 6.45) is 1.11. The number of amides is 1. The lowest BCUT2D eigenvalue weighted by molar-refractivity contribution is -0.130. The van der Waals surface area contributed by atoms with E-state index >= 15 is 0 Å². The molecule has 2 heterocycles. The van der Waals surface area contributed by atoms with Gasteiger partial charge in [-0.2, -0.15) is 0 Å². The molecule has 0 saturated heterocycles. The van der Waals surface area contributed by atoms with Gasteiger partial charge in [-0.05, 0) is 41.8 Å². The van der Waals surface area contributed by atoms with Gasteiger partial charge in [0.1, 0.15) is 13.2 Å². The number of carbonyl (C=O) groups excluding carboxylic acids is 1. The average molecular weight is 355 g/mol. The number of hydrogen-bond acceptors (Lipinski definition) is 5. The molecule has 4 rings (SSSR count). The molecule has 0 aliphatic carbocycles. The minimum Gasteiger partial charge on any atom is -0.486 e. The molecule has 2 aromatic rings. The van der Waals surface area contributed by atoms with Crippen LogP contribution < -0.4 is 18.9 Å². The van der Waals surface area contributed by atoms with Crippen molar-refractivity contribution in [2.45, 2.75) is 19.4 Å². The first-order valence-corrected chi connectivity index (χ1v) is 8.70. The molecule has 2 aromatic carbocycles. The lowest BCUT2D eigenvalue weighted by Gasteiger charge is -2.21. The van der Waals surface area contributed by atoms with Crippen LogP contribution in [-0.2, 0) is 17.8 Å². The summed E-state index contributed by atoms with van der Waals surface area (Å²) in [7, 11) is 1.82. The van der Waals surface area contributed by atoms with E-state index in [9.17, 15) is 4.79 Å². The van der Waals surface area contributed by atoms with Gasteiger partial charge in [0.25, 0.3) is 0 Å². The summed E-state index contributed by atoms with van der Waals surface area (Å²) in [4.78, 5) is 14.2. The molecule has 0 fully saturated rings. The largest absolute Gasteiger partial charge is 0.486 e. The molecule has 6 nitrogen and oxygen atoms in total. The first kappa shape index (κ1) is 16.6. The van der Waals surface area contributed by atoms with E-state index < -0.39 is 0 Å². The van der Waals surface area contributed by atoms with Crippen LogP contribution in [0.15, 0.2) is 36.4 Å². The Balaban J connectivity index is 1.33. The van der Waals surface area contributed by atoms with E-state index in [1.165, 1.54) is 0 Å². The monoisotopic (exact) mass is 355 g/mol. The van der Waals surface area contributed by atoms with E-state index in [0.717, 1.165) is 34.1 Å². The molecule has 0 N–H and O–H groups in total. The van der Waals surface area contributed by atoms with Crippen molar-refractivity contribution >= 4 is 5.91 Å². The Morgan fingerprint density at radius 3 is 2.35 bits per heavy atom. The van der Waals surface area contributed by atoms with Crippen LogP contribution in [0.5, 0.6) is 23.0 Å². The van der Waals surface area contributed by atoms with Crippen molar-refractivity contribution in [3.63, 3.8) is 0 Å². The van der Waals surface area contributed by atoms with E-state index in [2.05, 4.69) is 0 Å². The summed E-state index contributed by atoms with van der Waals surface area (Å²) in [6, 6.07) is 11.6. The van der Waals surface area contributed by atoms with Crippen LogP contribution >= 0.6 is 0 Å². The van der Waals surface area contributed by atoms with Crippen molar-refractivity contribution < 1.29 is 23.7 Å². The quantitative estimate of drug-likeness (QED) is 0.825. The Morgan fingerprint density at radius 1 is 0.885 bits per heavy atom. The zero-order chi connectivity index (χ0) is 17.9. The highest BCUT2D eigenvalue weighted by Crippen LogP contribution is 2.33. The van der Waals surface area contributed by atoms with Crippen LogP contribution in [0.4, 0.5) is 0 Å². The van der Waals surface area contributed by atoms with Crippen molar-refractivity contribution in [2.24, 2.45) is 0 Å². The molecule has 2 aliphatic rings. The first-order chi connectivity index (χ1) is 12.7. The molecule has 0 saturated carbocycles. The smallest absolute Gasteiger partial charge is 0.231 e. The van der Waals surface area contributed by atoms with Gasteiger partial charge in [-0.15, -0.1) is 0 Å². The summed E-state index contributed by atoms with van der Waals surface area (Å²) in [5, 5.41) is 0. The van der Waals surface area contributed by atoms with Crippen molar-refractivity contribution in [2.75, 3.05) is 27.1 Å². The van der Waals surface area contributed by atoms with Gasteiger partial charge in [0.05, 0.1) is 0 Å². The molecule has 0 unspecified atom stereocenters. The van der Waals surface area contributed by atoms with Crippen LogP contribution in [0.1, 0.15) is 17.5 Å². The molecular weight excluding hydrogens is 334 g/mol. The highest BCUT2D eigenvalue weighted by Gasteiger charge is 2.16. The molecule has 0 spiro atoms. The second kappa shape index (κ2) is 7.15. The maximum absolute atomic E-state index is 12.5. The Kier molecular flexibility index (Phi) is 4.56. The van der Waals surface area contributed by atoms with Gasteiger partial charge in [0.15, 0.2) is 23.0 Å². The van der Waals surface area contributed by atoms with Gasteiger partial charge in [-0.25, -0.2) is 0 Å². The number of hydrogen-bond donors (Lipinski definition) is 0. The SMILES string of the molecule is CN(Cc1ccc2c(c1)OCCO2)C(=O)CCc1ccc2c(c1)OCO2. The predicted octanol–water partition coefficient (Wildman–Crippen LogP) is 2.78. The number of nitrogens with zero attached hydrogens (tertiary/aromatic N) is 1. The van der Waals surface area contributed by atoms with Crippen LogP contribution in [0.2, 0.25) is 0 Å². The number of aryl methyl sites for hydroxylation is 1. The molecule has 0 aromatic heterocycles. The Bertz CT molecular complexity index is 820. The third-order valence-corrected chi connectivity index (χ3v) is 4.52. The minimum absolute atomic E-state index is 0.0950. The van der Waals surface area contributed by atoms with E-state index in [1.807, 2.05) is 43.4 Å². The molecule has 0 atom stereocenters. The van der Waals surface area contributed by atoms with E-state index in [4.69, 9.17) is 18.9 Å². The van der Waals surface area contributed by atoms with Crippen LogP contribution in [-0.4, -0.2) is 37.9 Å². The zero-order valence-electron chi connectivity index (χ0n) is 14.7. The number of fused-ring (bicyclic) bond motifs is 2. The summed E-state index contributed by atoms with van der Waals surface area (Å²) < 4.78 is 21.8. The molecule has 6 heteroatoms. The summed E-state index contributed by atoms with van der Waals surface area (Å²) in [5.74, 6) is 3.11. The third-order valence-electron chi connectivity index (χ3n) is 4.52. The zero-order valence-corrected chi connectivity index (χ0v) is 14.7. The average Bonchev–Trinajstić information content (AvgIpc) is 3.13. The summed E-state index contributed by atoms with van der Waals surface area (Å²) >= 11 is 0. The summed E-state index contributed by atoms with van der Waals surface area (Å²) in [6.45, 7) is 1.93. The molecule has 26 heavy (non-hydrogen) atoms. The topological polar surface area (TPSA) is 57.2 Å². The standard InChI is InChI=1S/C20H21NO5/c1-21(12-15-3-6-16-18(11-15)24-9-8-23-16)20(22)7-4-14-2-5-17-19(10-14)26-13-25-17/h2-3,5-6,10-11H,4,7-9,12-13H2,1H3. The fraction of sp³-hybridized carbons (Fsp3) is 0.350. The van der Waals surface area contributed by atoms with E-state index in [0.29, 0.717) is 32.6 Å². The van der Waals surface area contributed by atoms with Crippen molar-refractivity contribution in [3.05, 3.63) is 47.5 Å². The van der Waals surface area contributed by atoms with Crippen molar-refractivity contribution in [3.8, 4) is 23.0 Å². The fourth-order valence-electron chi connectivity index (χ4n) is 3.09. The second-order valence-corrected chi connectivity index (χ2v) is 6.42. The molecular formula is C20H21NO5. The van der Waals surface area contributed by atoms with Crippen molar-refractivity contribution in [1.29, 1.82) is 0 Å². The predicted molar refractivity (Wildman–Crippen MR) is 94.8 cm³/mol. The van der Waals surface area contributed by atoms with Crippen molar-refractivity contribution in [1.82, 2.24) is 4.90 Å². The fourth-order valence-corrected chi connectivity index (χ4v) is 3.09. The van der Waals surface area contributed by atoms with Crippen LogP contribution in [0.25, 0.3) is 0 Å².